The molecule has 0 spiro atoms. The molecule has 1 aliphatic rings. The summed E-state index contributed by atoms with van der Waals surface area (Å²) in [4.78, 5) is 16.1. The maximum atomic E-state index is 13.6. The first kappa shape index (κ1) is 22.0. The molecule has 4 aromatic rings. The van der Waals surface area contributed by atoms with Crippen LogP contribution in [0, 0.1) is 6.92 Å². The Balaban J connectivity index is 1.61. The van der Waals surface area contributed by atoms with Crippen LogP contribution in [0.4, 0.5) is 0 Å². The number of rotatable bonds is 6. The van der Waals surface area contributed by atoms with Gasteiger partial charge < -0.3 is 9.64 Å². The van der Waals surface area contributed by atoms with Gasteiger partial charge in [-0.3, -0.25) is 9.20 Å². The second-order valence-corrected chi connectivity index (χ2v) is 9.78. The molecule has 0 saturated carbocycles. The second kappa shape index (κ2) is 9.19. The van der Waals surface area contributed by atoms with Crippen LogP contribution in [-0.2, 0) is 0 Å². The molecule has 0 radical (unpaired) electrons. The minimum absolute atomic E-state index is 0.130. The lowest BCUT2D eigenvalue weighted by atomic mass is 10.0. The van der Waals surface area contributed by atoms with Crippen molar-refractivity contribution < 1.29 is 4.74 Å². The number of aromatic nitrogens is 4. The summed E-state index contributed by atoms with van der Waals surface area (Å²) in [6.07, 6.45) is 4.97. The number of aryl methyl sites for hydroxylation is 1. The highest BCUT2D eigenvalue weighted by molar-refractivity contribution is 7.99. The van der Waals surface area contributed by atoms with Gasteiger partial charge in [-0.25, -0.2) is 4.57 Å². The van der Waals surface area contributed by atoms with Crippen molar-refractivity contribution in [1.29, 1.82) is 0 Å². The summed E-state index contributed by atoms with van der Waals surface area (Å²) < 4.78 is 9.23. The van der Waals surface area contributed by atoms with Gasteiger partial charge in [0.25, 0.3) is 5.56 Å². The van der Waals surface area contributed by atoms with Crippen LogP contribution in [0.15, 0.2) is 52.4 Å². The van der Waals surface area contributed by atoms with Gasteiger partial charge in [-0.1, -0.05) is 36.4 Å². The van der Waals surface area contributed by atoms with E-state index in [-0.39, 0.29) is 5.56 Å². The van der Waals surface area contributed by atoms with Crippen LogP contribution in [0.2, 0.25) is 0 Å². The zero-order valence-electron chi connectivity index (χ0n) is 19.3. The number of piperidine rings is 1. The molecule has 8 heteroatoms. The van der Waals surface area contributed by atoms with E-state index in [4.69, 9.17) is 4.74 Å². The summed E-state index contributed by atoms with van der Waals surface area (Å²) in [5.41, 5.74) is 2.40. The number of para-hydroxylation sites is 1. The van der Waals surface area contributed by atoms with Crippen LogP contribution in [0.3, 0.4) is 0 Å². The summed E-state index contributed by atoms with van der Waals surface area (Å²) in [6, 6.07) is 14.1. The Bertz CT molecular complexity index is 1360. The van der Waals surface area contributed by atoms with Gasteiger partial charge in [0, 0.05) is 11.8 Å². The number of benzene rings is 2. The molecule has 1 atom stereocenters. The van der Waals surface area contributed by atoms with Crippen molar-refractivity contribution in [3.8, 4) is 11.4 Å². The predicted molar refractivity (Wildman–Crippen MR) is 133 cm³/mol. The van der Waals surface area contributed by atoms with E-state index in [1.165, 1.54) is 25.8 Å². The fraction of sp³-hybridized carbons (Fsp3) is 0.400. The first-order valence-corrected chi connectivity index (χ1v) is 12.4. The van der Waals surface area contributed by atoms with Crippen molar-refractivity contribution in [3.05, 3.63) is 58.4 Å². The molecule has 5 rings (SSSR count). The smallest absolute Gasteiger partial charge is 0.267 e. The number of hydrogen-bond acceptors (Lipinski definition) is 6. The Labute approximate surface area is 197 Å². The fourth-order valence-electron chi connectivity index (χ4n) is 4.76. The average Bonchev–Trinajstić information content (AvgIpc) is 3.24. The minimum Gasteiger partial charge on any atom is -0.495 e. The SMILES string of the molecule is COc1ccc(C)cc1-n1c(=O)c2ccccc2n2c(SCCC3CCCCN3C)nnc12. The van der Waals surface area contributed by atoms with Crippen molar-refractivity contribution in [1.82, 2.24) is 24.1 Å². The zero-order valence-corrected chi connectivity index (χ0v) is 20.1. The number of hydrogen-bond donors (Lipinski definition) is 0. The number of fused-ring (bicyclic) bond motifs is 3. The molecule has 3 heterocycles. The van der Waals surface area contributed by atoms with Crippen molar-refractivity contribution in [2.75, 3.05) is 26.5 Å². The Hall–Kier alpha value is -2.84. The lowest BCUT2D eigenvalue weighted by Crippen LogP contribution is -2.36. The zero-order chi connectivity index (χ0) is 22.9. The van der Waals surface area contributed by atoms with Gasteiger partial charge in [0.15, 0.2) is 5.16 Å². The lowest BCUT2D eigenvalue weighted by Gasteiger charge is -2.32. The first-order chi connectivity index (χ1) is 16.1. The van der Waals surface area contributed by atoms with Crippen LogP contribution < -0.4 is 10.3 Å². The molecule has 7 nitrogen and oxygen atoms in total. The van der Waals surface area contributed by atoms with Crippen LogP contribution in [0.5, 0.6) is 5.75 Å². The number of thioether (sulfide) groups is 1. The largest absolute Gasteiger partial charge is 0.495 e. The molecule has 1 saturated heterocycles. The Morgan fingerprint density at radius 2 is 2.00 bits per heavy atom. The average molecular weight is 464 g/mol. The summed E-state index contributed by atoms with van der Waals surface area (Å²) in [7, 11) is 3.84. The highest BCUT2D eigenvalue weighted by atomic mass is 32.2. The van der Waals surface area contributed by atoms with Crippen LogP contribution in [0.25, 0.3) is 22.4 Å². The molecule has 2 aromatic carbocycles. The van der Waals surface area contributed by atoms with E-state index in [1.54, 1.807) is 23.4 Å². The van der Waals surface area contributed by atoms with Gasteiger partial charge in [-0.2, -0.15) is 0 Å². The third-order valence-corrected chi connectivity index (χ3v) is 7.54. The van der Waals surface area contributed by atoms with Gasteiger partial charge in [0.05, 0.1) is 23.7 Å². The maximum absolute atomic E-state index is 13.6. The standard InChI is InChI=1S/C25H29N5O2S/c1-17-11-12-22(32-3)21(16-17)29-23(31)19-9-4-5-10-20(19)30-24(29)26-27-25(30)33-15-13-18-8-6-7-14-28(18)2/h4-5,9-12,16,18H,6-8,13-15H2,1-3H3. The highest BCUT2D eigenvalue weighted by Crippen LogP contribution is 2.29. The van der Waals surface area contributed by atoms with Crippen LogP contribution in [-0.4, -0.2) is 56.6 Å². The summed E-state index contributed by atoms with van der Waals surface area (Å²) >= 11 is 1.71. The molecular formula is C25H29N5O2S. The third-order valence-electron chi connectivity index (χ3n) is 6.57. The molecule has 172 valence electrons. The van der Waals surface area contributed by atoms with Crippen molar-refractivity contribution in [2.45, 2.75) is 43.8 Å². The number of nitrogens with zero attached hydrogens (tertiary/aromatic N) is 5. The molecule has 1 unspecified atom stereocenters. The van der Waals surface area contributed by atoms with E-state index >= 15 is 0 Å². The molecule has 33 heavy (non-hydrogen) atoms. The van der Waals surface area contributed by atoms with E-state index in [2.05, 4.69) is 22.1 Å². The van der Waals surface area contributed by atoms with Gasteiger partial charge in [0.1, 0.15) is 5.75 Å². The van der Waals surface area contributed by atoms with Gasteiger partial charge in [0.2, 0.25) is 5.78 Å². The molecule has 0 amide bonds. The van der Waals surface area contributed by atoms with Crippen molar-refractivity contribution >= 4 is 28.4 Å². The highest BCUT2D eigenvalue weighted by Gasteiger charge is 2.22. The summed E-state index contributed by atoms with van der Waals surface area (Å²) in [5, 5.41) is 10.4. The molecule has 1 aliphatic heterocycles. The van der Waals surface area contributed by atoms with E-state index in [9.17, 15) is 4.79 Å². The van der Waals surface area contributed by atoms with E-state index < -0.39 is 0 Å². The minimum atomic E-state index is -0.130. The van der Waals surface area contributed by atoms with Gasteiger partial charge in [-0.05, 0) is 69.6 Å². The maximum Gasteiger partial charge on any atom is 0.267 e. The summed E-state index contributed by atoms with van der Waals surface area (Å²) in [5.74, 6) is 2.08. The number of ether oxygens (including phenoxy) is 1. The second-order valence-electron chi connectivity index (χ2n) is 8.72. The quantitative estimate of drug-likeness (QED) is 0.397. The fourth-order valence-corrected chi connectivity index (χ4v) is 5.74. The molecule has 0 N–H and O–H groups in total. The molecular weight excluding hydrogens is 434 g/mol. The van der Waals surface area contributed by atoms with E-state index in [0.717, 1.165) is 28.4 Å². The Morgan fingerprint density at radius 1 is 1.15 bits per heavy atom. The Morgan fingerprint density at radius 3 is 2.82 bits per heavy atom. The molecule has 2 aromatic heterocycles. The number of likely N-dealkylation sites (tertiary alicyclic amines) is 1. The molecule has 0 aliphatic carbocycles. The predicted octanol–water partition coefficient (Wildman–Crippen LogP) is 4.32. The summed E-state index contributed by atoms with van der Waals surface area (Å²) in [6.45, 7) is 3.18. The van der Waals surface area contributed by atoms with E-state index in [0.29, 0.717) is 28.6 Å². The normalized spacial score (nSPS) is 17.1. The van der Waals surface area contributed by atoms with Crippen LogP contribution in [0.1, 0.15) is 31.2 Å². The third kappa shape index (κ3) is 4.02. The Kier molecular flexibility index (Phi) is 6.12. The van der Waals surface area contributed by atoms with Crippen LogP contribution >= 0.6 is 11.8 Å². The van der Waals surface area contributed by atoms with E-state index in [1.807, 2.05) is 53.8 Å². The van der Waals surface area contributed by atoms with Crippen molar-refractivity contribution in [2.24, 2.45) is 0 Å². The lowest BCUT2D eigenvalue weighted by molar-refractivity contribution is 0.182. The molecule has 1 fully saturated rings. The monoisotopic (exact) mass is 463 g/mol. The topological polar surface area (TPSA) is 64.7 Å². The van der Waals surface area contributed by atoms with Gasteiger partial charge in [-0.15, -0.1) is 10.2 Å². The first-order valence-electron chi connectivity index (χ1n) is 11.5. The number of methoxy groups -OCH3 is 1. The van der Waals surface area contributed by atoms with Gasteiger partial charge >= 0.3 is 0 Å². The molecule has 0 bridgehead atoms. The van der Waals surface area contributed by atoms with Crippen molar-refractivity contribution in [3.63, 3.8) is 0 Å².